The first-order chi connectivity index (χ1) is 66.2. The summed E-state index contributed by atoms with van der Waals surface area (Å²) in [6.07, 6.45) is -24.7. The van der Waals surface area contributed by atoms with E-state index >= 15 is 28.8 Å². The third-order valence-electron chi connectivity index (χ3n) is 26.5. The number of benzene rings is 7. The molecule has 752 valence electrons. The molecule has 7 aromatic carbocycles. The summed E-state index contributed by atoms with van der Waals surface area (Å²) in [7, 11) is 1.17. The number of aliphatic hydroxyl groups is 8. The van der Waals surface area contributed by atoms with Gasteiger partial charge in [-0.1, -0.05) is 136 Å². The number of aliphatic carboxylic acids is 1. The molecule has 21 N–H and O–H groups in total. The van der Waals surface area contributed by atoms with Crippen molar-refractivity contribution in [2.45, 2.75) is 258 Å². The Morgan fingerprint density at radius 1 is 0.679 bits per heavy atom. The molecule has 9 aliphatic rings. The Kier molecular flexibility index (Phi) is 32.4. The molecule has 140 heavy (non-hydrogen) atoms. The van der Waals surface area contributed by atoms with E-state index in [2.05, 4.69) is 26.6 Å². The van der Waals surface area contributed by atoms with Crippen LogP contribution in [0.1, 0.15) is 187 Å². The van der Waals surface area contributed by atoms with Crippen molar-refractivity contribution < 1.29 is 146 Å². The number of carbonyl (C=O) groups is 10. The van der Waals surface area contributed by atoms with Crippen molar-refractivity contribution in [3.63, 3.8) is 0 Å². The number of nitrogens with one attached hydrogen (secondary N) is 5. The molecular formula is C98H114Cl3N9O30. The fourth-order valence-electron chi connectivity index (χ4n) is 18.7. The second-order valence-electron chi connectivity index (χ2n) is 37.4. The van der Waals surface area contributed by atoms with Crippen molar-refractivity contribution >= 4 is 93.9 Å². The number of carboxylic acids is 1. The number of phenols is 1. The number of ketones is 2. The minimum absolute atomic E-state index is 0.152. The van der Waals surface area contributed by atoms with Crippen molar-refractivity contribution in [1.82, 2.24) is 31.5 Å². The second-order valence-corrected chi connectivity index (χ2v) is 38.7. The third kappa shape index (κ3) is 22.8. The molecule has 0 saturated carbocycles. The van der Waals surface area contributed by atoms with Gasteiger partial charge in [0.05, 0.1) is 52.9 Å². The average Bonchev–Trinajstić information content (AvgIpc) is 1.56. The lowest BCUT2D eigenvalue weighted by Gasteiger charge is -2.48. The van der Waals surface area contributed by atoms with E-state index < -0.39 is 304 Å². The third-order valence-corrected chi connectivity index (χ3v) is 27.3. The van der Waals surface area contributed by atoms with Crippen LogP contribution in [-0.4, -0.2) is 238 Å². The van der Waals surface area contributed by atoms with Gasteiger partial charge in [-0.15, -0.1) is 0 Å². The Balaban J connectivity index is 0.941. The number of Topliss-reactive ketones (excluding diaryl/α,β-unsaturated/α-hetero) is 2. The molecular weight excluding hydrogens is 1890 g/mol. The molecule has 0 unspecified atom stereocenters. The molecule has 8 aliphatic heterocycles. The van der Waals surface area contributed by atoms with Crippen LogP contribution < -0.4 is 58.0 Å². The molecule has 3 fully saturated rings. The molecule has 0 spiro atoms. The van der Waals surface area contributed by atoms with E-state index in [-0.39, 0.29) is 65.6 Å². The van der Waals surface area contributed by atoms with E-state index in [4.69, 9.17) is 99.4 Å². The van der Waals surface area contributed by atoms with Gasteiger partial charge in [0, 0.05) is 72.9 Å². The number of ether oxygens (including phenoxy) is 10. The Labute approximate surface area is 818 Å². The lowest BCUT2D eigenvalue weighted by Crippen LogP contribution is -2.65. The highest BCUT2D eigenvalue weighted by Gasteiger charge is 2.54. The maximum Gasteiger partial charge on any atom is 0.413 e. The molecule has 1 aliphatic carbocycles. The van der Waals surface area contributed by atoms with Gasteiger partial charge < -0.3 is 142 Å². The zero-order chi connectivity index (χ0) is 101. The molecule has 11 bridgehead atoms. The van der Waals surface area contributed by atoms with E-state index in [0.717, 1.165) is 70.8 Å². The number of primary amides is 1. The highest BCUT2D eigenvalue weighted by molar-refractivity contribution is 6.32. The number of fused-ring (bicyclic) bond motifs is 12. The van der Waals surface area contributed by atoms with Crippen molar-refractivity contribution in [3.8, 4) is 56.8 Å². The predicted molar refractivity (Wildman–Crippen MR) is 498 cm³/mol. The SMILES string of the molecule is CCCCC[C@H](N)C(=O)OCOC(=O)N(C)[C@H](CC(C)C)C(=O)N[C@H]1C(=O)C[C@@H](CC(N)=O)C(=O)N[C@H]2C(=O)C[C@H]3C(=O)N[C@H](C(=O)N[C@H](C(=O)O)c4cc(O)cc5c4-c4cc3ccc4C5(O)O)[C@H](O[C@H]3C[C@](C)(N)[C@@H](O)[C@H](C)O3)c3ccc(c(Cl)c3)Oc3cc2cc(c3O[C@@H]2O[C@H](CO)[C@@H](O)[C@H](O)[C@H]2O[C@H]2C[C@](C)(NCc3ccc(-c4ccc(Cl)cc4)cc3)[C@@H](O)[C@H](C)O2)Oc2ccc(cc2Cl)[C@H]1O. The first-order valence-electron chi connectivity index (χ1n) is 45.8. The number of rotatable bonds is 26. The Hall–Kier alpha value is -11.1. The molecule has 39 nitrogen and oxygen atoms in total. The molecule has 0 radical (unpaired) electrons. The van der Waals surface area contributed by atoms with Crippen LogP contribution in [0, 0.1) is 11.8 Å². The number of aliphatic hydroxyl groups excluding tert-OH is 6. The largest absolute Gasteiger partial charge is 0.508 e. The number of amides is 6. The monoisotopic (exact) mass is 2000 g/mol. The van der Waals surface area contributed by atoms with Gasteiger partial charge >= 0.3 is 18.0 Å². The number of nitrogens with zero attached hydrogens (tertiary/aromatic N) is 1. The predicted octanol–water partition coefficient (Wildman–Crippen LogP) is 6.82. The zero-order valence-electron chi connectivity index (χ0n) is 77.5. The van der Waals surface area contributed by atoms with Crippen LogP contribution in [-0.2, 0) is 88.6 Å². The van der Waals surface area contributed by atoms with Crippen LogP contribution in [0.5, 0.6) is 34.5 Å². The lowest BCUT2D eigenvalue weighted by molar-refractivity contribution is -0.334. The number of hydrogen-bond acceptors (Lipinski definition) is 32. The number of halogens is 3. The standard InChI is InChI=1S/C98H114Cl3N9O30/c1-9-10-11-12-63(102)93(127)131-42-132-95(128)110(8)64(27-43(2)3)90(123)108-78-65(113)31-53(34-72(103)115)88(121)106-76-52-32-69(135-67-25-20-50(80(78)116)29-61(67)100)84(140-94-85(82(118)81(117)71(41-111)137-94)139-74-39-97(7,87(120)45(5)134-74)105-40-46-13-15-47(16-14-46)48-17-22-54(99)23-18-48)70(33-52)136-68-26-21-51(30-62(68)101)83(138-73-38-96(6,104)86(119)44(4)133-73)79-91(124)107-77(92(125)126)58-35-55(112)36-60-75(58)57-28-49(19-24-59(57)98(60,129)130)56(37-66(76)114)89(122)109-79/h13-26,28-30,32-33,35-36,43-45,53,56,63-64,71,73-74,76-83,85-87,94,105,111-112,116-120,129-130H,9-12,27,31,34,37-42,102,104H2,1-8H3,(H2,103,115)(H,106,121)(H,107,124)(H,108,123)(H,109,122)(H,125,126)/t44-,45-,53-,56+,63-,64+,71+,73-,74-,76+,77-,78-,79-,80+,81+,82-,83+,85+,86-,87-,94-,96-,97-/m0/s1. The number of likely N-dealkylation sites (N-methyl/N-ethyl adjacent to an activating group) is 1. The molecule has 3 saturated heterocycles. The van der Waals surface area contributed by atoms with Gasteiger partial charge in [0.1, 0.15) is 78.0 Å². The van der Waals surface area contributed by atoms with Gasteiger partial charge in [-0.25, -0.2) is 9.59 Å². The van der Waals surface area contributed by atoms with Crippen molar-refractivity contribution in [2.24, 2.45) is 29.0 Å². The van der Waals surface area contributed by atoms with Crippen molar-refractivity contribution in [3.05, 3.63) is 187 Å². The highest BCUT2D eigenvalue weighted by atomic mass is 35.5. The zero-order valence-corrected chi connectivity index (χ0v) is 79.7. The first kappa shape index (κ1) is 105. The smallest absolute Gasteiger partial charge is 0.413 e. The van der Waals surface area contributed by atoms with E-state index in [1.54, 1.807) is 39.8 Å². The molecule has 42 heteroatoms. The van der Waals surface area contributed by atoms with Crippen LogP contribution >= 0.6 is 34.8 Å². The van der Waals surface area contributed by atoms with Crippen molar-refractivity contribution in [1.29, 1.82) is 0 Å². The quantitative estimate of drug-likeness (QED) is 0.0150. The summed E-state index contributed by atoms with van der Waals surface area (Å²) in [5, 5.41) is 132. The molecule has 23 atom stereocenters. The maximum atomic E-state index is 16.9. The first-order valence-corrected chi connectivity index (χ1v) is 46.9. The van der Waals surface area contributed by atoms with Gasteiger partial charge in [-0.3, -0.25) is 43.3 Å². The van der Waals surface area contributed by atoms with Gasteiger partial charge in [0.2, 0.25) is 54.2 Å². The van der Waals surface area contributed by atoms with Crippen LogP contribution in [0.3, 0.4) is 0 Å². The summed E-state index contributed by atoms with van der Waals surface area (Å²) in [4.78, 5) is 152. The Morgan fingerprint density at radius 3 is 1.93 bits per heavy atom. The minimum atomic E-state index is -3.08. The van der Waals surface area contributed by atoms with Gasteiger partial charge in [0.25, 0.3) is 0 Å². The number of hydrogen-bond donors (Lipinski definition) is 18. The van der Waals surface area contributed by atoms with E-state index in [1.807, 2.05) is 43.3 Å². The van der Waals surface area contributed by atoms with Crippen LogP contribution in [0.25, 0.3) is 22.3 Å². The summed E-state index contributed by atoms with van der Waals surface area (Å²) in [6.45, 7) is 9.77. The summed E-state index contributed by atoms with van der Waals surface area (Å²) >= 11 is 21.0. The summed E-state index contributed by atoms with van der Waals surface area (Å²) in [5.74, 6) is -22.6. The van der Waals surface area contributed by atoms with E-state index in [1.165, 1.54) is 63.4 Å². The summed E-state index contributed by atoms with van der Waals surface area (Å²) in [5.41, 5.74) is 15.6. The Morgan fingerprint density at radius 2 is 1.31 bits per heavy atom. The van der Waals surface area contributed by atoms with Crippen LogP contribution in [0.4, 0.5) is 4.79 Å². The second kappa shape index (κ2) is 43.4. The van der Waals surface area contributed by atoms with Crippen LogP contribution in [0.2, 0.25) is 15.1 Å². The molecule has 0 aromatic heterocycles. The minimum Gasteiger partial charge on any atom is -0.508 e. The summed E-state index contributed by atoms with van der Waals surface area (Å²) < 4.78 is 63.8. The Bertz CT molecular complexity index is 5840. The number of aromatic hydroxyl groups is 1. The fourth-order valence-corrected chi connectivity index (χ4v) is 19.3. The number of phenolic OH excluding ortho intramolecular Hbond substituents is 1. The molecule has 16 rings (SSSR count). The topological polar surface area (TPSA) is 607 Å². The number of carboxylic acid groups (broad SMARTS) is 1. The van der Waals surface area contributed by atoms with Crippen LogP contribution in [0.15, 0.2) is 127 Å². The van der Waals surface area contributed by atoms with Gasteiger partial charge in [0.15, 0.2) is 47.8 Å². The molecule has 8 heterocycles. The maximum absolute atomic E-state index is 16.9. The molecule has 6 amide bonds. The number of unbranched alkanes of at least 4 members (excludes halogenated alkanes) is 2. The van der Waals surface area contributed by atoms with E-state index in [9.17, 15) is 70.2 Å². The number of nitrogens with two attached hydrogens (primary N) is 3. The average molecular weight is 2000 g/mol. The van der Waals surface area contributed by atoms with Crippen molar-refractivity contribution in [2.75, 3.05) is 20.4 Å². The fraction of sp³-hybridized carbons (Fsp3) is 0.469. The number of carbonyl (C=O) groups excluding carboxylic acids is 9. The normalized spacial score (nSPS) is 28.7. The lowest BCUT2D eigenvalue weighted by atomic mass is 9.84. The summed E-state index contributed by atoms with van der Waals surface area (Å²) in [6, 6.07) is 17.9. The van der Waals surface area contributed by atoms with Gasteiger partial charge in [-0.2, -0.15) is 0 Å². The van der Waals surface area contributed by atoms with E-state index in [0.29, 0.717) is 11.4 Å². The number of esters is 1. The highest BCUT2D eigenvalue weighted by Crippen LogP contribution is 2.54. The van der Waals surface area contributed by atoms with Gasteiger partial charge in [-0.05, 0) is 169 Å². The molecule has 7 aromatic rings.